The third-order valence-electron chi connectivity index (χ3n) is 5.39. The van der Waals surface area contributed by atoms with Crippen molar-refractivity contribution >= 4 is 11.8 Å². The van der Waals surface area contributed by atoms with Crippen LogP contribution in [0.3, 0.4) is 0 Å². The molecule has 0 unspecified atom stereocenters. The Morgan fingerprint density at radius 1 is 0.963 bits per heavy atom. The molecule has 0 radical (unpaired) electrons. The Morgan fingerprint density at radius 3 is 2.19 bits per heavy atom. The molecule has 0 atom stereocenters. The van der Waals surface area contributed by atoms with Crippen molar-refractivity contribution in [2.24, 2.45) is 5.92 Å². The first-order valence-corrected chi connectivity index (χ1v) is 9.75. The van der Waals surface area contributed by atoms with Gasteiger partial charge in [0.05, 0.1) is 6.54 Å². The number of amides is 2. The summed E-state index contributed by atoms with van der Waals surface area (Å²) in [5, 5.41) is 0. The Labute approximate surface area is 161 Å². The van der Waals surface area contributed by atoms with E-state index in [1.807, 2.05) is 29.2 Å². The molecule has 0 aromatic heterocycles. The van der Waals surface area contributed by atoms with Crippen molar-refractivity contribution in [3.8, 4) is 0 Å². The van der Waals surface area contributed by atoms with Crippen molar-refractivity contribution < 1.29 is 9.59 Å². The van der Waals surface area contributed by atoms with Crippen LogP contribution in [-0.2, 0) is 11.2 Å². The first-order chi connectivity index (χ1) is 13.1. The van der Waals surface area contributed by atoms with Crippen LogP contribution in [-0.4, -0.2) is 48.3 Å². The summed E-state index contributed by atoms with van der Waals surface area (Å²) in [6, 6.07) is 19.7. The van der Waals surface area contributed by atoms with E-state index >= 15 is 0 Å². The maximum absolute atomic E-state index is 12.6. The van der Waals surface area contributed by atoms with Gasteiger partial charge in [-0.1, -0.05) is 48.5 Å². The summed E-state index contributed by atoms with van der Waals surface area (Å²) in [5.41, 5.74) is 2.00. The third kappa shape index (κ3) is 5.43. The standard InChI is InChI=1S/C23H28N2O2/c1-24(23(27)21-10-6-3-7-11-21)18-22(26)25-16-14-20(15-17-25)13-12-19-8-4-2-5-9-19/h2-11,20H,12-18H2,1H3. The van der Waals surface area contributed by atoms with Gasteiger partial charge in [-0.2, -0.15) is 0 Å². The molecule has 0 saturated carbocycles. The number of benzene rings is 2. The summed E-state index contributed by atoms with van der Waals surface area (Å²) in [4.78, 5) is 28.4. The number of piperidine rings is 1. The van der Waals surface area contributed by atoms with Crippen LogP contribution in [0.25, 0.3) is 0 Å². The number of aryl methyl sites for hydroxylation is 1. The summed E-state index contributed by atoms with van der Waals surface area (Å²) < 4.78 is 0. The van der Waals surface area contributed by atoms with Gasteiger partial charge in [0.1, 0.15) is 0 Å². The number of carbonyl (C=O) groups excluding carboxylic acids is 2. The van der Waals surface area contributed by atoms with E-state index in [9.17, 15) is 9.59 Å². The van der Waals surface area contributed by atoms with E-state index < -0.39 is 0 Å². The summed E-state index contributed by atoms with van der Waals surface area (Å²) in [6.45, 7) is 1.74. The lowest BCUT2D eigenvalue weighted by Crippen LogP contribution is -2.44. The third-order valence-corrected chi connectivity index (χ3v) is 5.39. The number of rotatable bonds is 6. The molecular weight excluding hydrogens is 336 g/mol. The highest BCUT2D eigenvalue weighted by molar-refractivity contribution is 5.96. The molecule has 2 aromatic carbocycles. The highest BCUT2D eigenvalue weighted by Gasteiger charge is 2.24. The zero-order valence-corrected chi connectivity index (χ0v) is 16.0. The van der Waals surface area contributed by atoms with Gasteiger partial charge in [0.25, 0.3) is 5.91 Å². The molecule has 1 aliphatic rings. The fourth-order valence-corrected chi connectivity index (χ4v) is 3.66. The molecule has 4 heteroatoms. The van der Waals surface area contributed by atoms with E-state index in [1.165, 1.54) is 16.9 Å². The topological polar surface area (TPSA) is 40.6 Å². The SMILES string of the molecule is CN(CC(=O)N1CCC(CCc2ccccc2)CC1)C(=O)c1ccccc1. The molecule has 142 valence electrons. The summed E-state index contributed by atoms with van der Waals surface area (Å²) in [6.07, 6.45) is 4.38. The highest BCUT2D eigenvalue weighted by atomic mass is 16.2. The molecule has 2 amide bonds. The zero-order chi connectivity index (χ0) is 19.1. The van der Waals surface area contributed by atoms with Gasteiger partial charge in [0.15, 0.2) is 0 Å². The second-order valence-electron chi connectivity index (χ2n) is 7.38. The van der Waals surface area contributed by atoms with Crippen molar-refractivity contribution in [3.63, 3.8) is 0 Å². The van der Waals surface area contributed by atoms with Gasteiger partial charge in [-0.05, 0) is 49.3 Å². The molecule has 0 N–H and O–H groups in total. The Kier molecular flexibility index (Phi) is 6.64. The van der Waals surface area contributed by atoms with Crippen LogP contribution in [0.1, 0.15) is 35.2 Å². The Morgan fingerprint density at radius 2 is 1.56 bits per heavy atom. The van der Waals surface area contributed by atoms with Gasteiger partial charge >= 0.3 is 0 Å². The van der Waals surface area contributed by atoms with Crippen molar-refractivity contribution in [3.05, 3.63) is 71.8 Å². The Bertz CT molecular complexity index is 737. The van der Waals surface area contributed by atoms with Gasteiger partial charge in [-0.25, -0.2) is 0 Å². The number of hydrogen-bond donors (Lipinski definition) is 0. The van der Waals surface area contributed by atoms with Gasteiger partial charge < -0.3 is 9.80 Å². The predicted octanol–water partition coefficient (Wildman–Crippen LogP) is 3.63. The zero-order valence-electron chi connectivity index (χ0n) is 16.0. The monoisotopic (exact) mass is 364 g/mol. The fourth-order valence-electron chi connectivity index (χ4n) is 3.66. The van der Waals surface area contributed by atoms with E-state index in [-0.39, 0.29) is 18.4 Å². The molecule has 2 aromatic rings. The van der Waals surface area contributed by atoms with E-state index in [1.54, 1.807) is 19.2 Å². The first-order valence-electron chi connectivity index (χ1n) is 9.75. The number of hydrogen-bond acceptors (Lipinski definition) is 2. The Hall–Kier alpha value is -2.62. The molecule has 0 bridgehead atoms. The molecule has 1 heterocycles. The second-order valence-corrected chi connectivity index (χ2v) is 7.38. The van der Waals surface area contributed by atoms with Crippen molar-refractivity contribution in [1.82, 2.24) is 9.80 Å². The molecule has 3 rings (SSSR count). The van der Waals surface area contributed by atoms with Crippen molar-refractivity contribution in [2.45, 2.75) is 25.7 Å². The number of likely N-dealkylation sites (N-methyl/N-ethyl adjacent to an activating group) is 1. The largest absolute Gasteiger partial charge is 0.341 e. The van der Waals surface area contributed by atoms with Gasteiger partial charge in [0.2, 0.25) is 5.91 Å². The number of likely N-dealkylation sites (tertiary alicyclic amines) is 1. The van der Waals surface area contributed by atoms with Crippen LogP contribution in [0, 0.1) is 5.92 Å². The van der Waals surface area contributed by atoms with Crippen LogP contribution in [0.2, 0.25) is 0 Å². The van der Waals surface area contributed by atoms with Gasteiger partial charge in [-0.3, -0.25) is 9.59 Å². The normalized spacial score (nSPS) is 14.8. The van der Waals surface area contributed by atoms with Gasteiger partial charge in [0, 0.05) is 25.7 Å². The smallest absolute Gasteiger partial charge is 0.254 e. The molecule has 0 aliphatic carbocycles. The first kappa shape index (κ1) is 19.2. The molecule has 1 fully saturated rings. The average Bonchev–Trinajstić information content (AvgIpc) is 2.73. The van der Waals surface area contributed by atoms with Crippen LogP contribution in [0.4, 0.5) is 0 Å². The Balaban J connectivity index is 1.42. The quantitative estimate of drug-likeness (QED) is 0.785. The summed E-state index contributed by atoms with van der Waals surface area (Å²) in [7, 11) is 1.69. The summed E-state index contributed by atoms with van der Waals surface area (Å²) in [5.74, 6) is 0.614. The van der Waals surface area contributed by atoms with Crippen LogP contribution < -0.4 is 0 Å². The van der Waals surface area contributed by atoms with E-state index in [4.69, 9.17) is 0 Å². The maximum Gasteiger partial charge on any atom is 0.254 e. The lowest BCUT2D eigenvalue weighted by atomic mass is 9.90. The van der Waals surface area contributed by atoms with Gasteiger partial charge in [-0.15, -0.1) is 0 Å². The molecule has 27 heavy (non-hydrogen) atoms. The highest BCUT2D eigenvalue weighted by Crippen LogP contribution is 2.22. The van der Waals surface area contributed by atoms with Crippen molar-refractivity contribution in [1.29, 1.82) is 0 Å². The summed E-state index contributed by atoms with van der Waals surface area (Å²) >= 11 is 0. The molecule has 1 aliphatic heterocycles. The number of nitrogens with zero attached hydrogens (tertiary/aromatic N) is 2. The molecular formula is C23H28N2O2. The fraction of sp³-hybridized carbons (Fsp3) is 0.391. The minimum atomic E-state index is -0.110. The van der Waals surface area contributed by atoms with E-state index in [2.05, 4.69) is 24.3 Å². The maximum atomic E-state index is 12.6. The van der Waals surface area contributed by atoms with Crippen LogP contribution in [0.15, 0.2) is 60.7 Å². The van der Waals surface area contributed by atoms with E-state index in [0.29, 0.717) is 11.5 Å². The second kappa shape index (κ2) is 9.36. The molecule has 1 saturated heterocycles. The van der Waals surface area contributed by atoms with Crippen LogP contribution in [0.5, 0.6) is 0 Å². The molecule has 4 nitrogen and oxygen atoms in total. The molecule has 0 spiro atoms. The van der Waals surface area contributed by atoms with E-state index in [0.717, 1.165) is 32.4 Å². The number of carbonyl (C=O) groups is 2. The minimum Gasteiger partial charge on any atom is -0.341 e. The lowest BCUT2D eigenvalue weighted by Gasteiger charge is -2.33. The predicted molar refractivity (Wildman–Crippen MR) is 107 cm³/mol. The minimum absolute atomic E-state index is 0.0447. The van der Waals surface area contributed by atoms with Crippen LogP contribution >= 0.6 is 0 Å². The lowest BCUT2D eigenvalue weighted by molar-refractivity contribution is -0.133. The average molecular weight is 364 g/mol. The van der Waals surface area contributed by atoms with Crippen molar-refractivity contribution in [2.75, 3.05) is 26.7 Å².